The summed E-state index contributed by atoms with van der Waals surface area (Å²) >= 11 is 0. The van der Waals surface area contributed by atoms with Gasteiger partial charge in [-0.1, -0.05) is 39.8 Å². The largest absolute Gasteiger partial charge is 0.496 e. The first-order valence-corrected chi connectivity index (χ1v) is 11.9. The predicted molar refractivity (Wildman–Crippen MR) is 136 cm³/mol. The number of fused-ring (bicyclic) bond motifs is 1. The SMILES string of the molecule is COc1cc(OC)c(C2C3=C(CC(C)(C)CC3=O)Nc3ccccc3N2C(=O)C(C)C)cc1OC. The molecule has 0 spiro atoms. The highest BCUT2D eigenvalue weighted by atomic mass is 16.5. The predicted octanol–water partition coefficient (Wildman–Crippen LogP) is 5.51. The highest BCUT2D eigenvalue weighted by Crippen LogP contribution is 2.51. The summed E-state index contributed by atoms with van der Waals surface area (Å²) in [6.45, 7) is 7.92. The van der Waals surface area contributed by atoms with Gasteiger partial charge in [-0.05, 0) is 30.0 Å². The Bertz CT molecular complexity index is 1200. The summed E-state index contributed by atoms with van der Waals surface area (Å²) < 4.78 is 16.9. The van der Waals surface area contributed by atoms with E-state index in [-0.39, 0.29) is 23.0 Å². The molecule has 1 aliphatic carbocycles. The van der Waals surface area contributed by atoms with Gasteiger partial charge in [-0.25, -0.2) is 0 Å². The number of para-hydroxylation sites is 2. The molecule has 0 saturated heterocycles. The molecule has 0 bridgehead atoms. The standard InChI is InChI=1S/C28H34N2O5/c1-16(2)27(32)30-20-11-9-8-10-18(20)29-19-14-28(3,4)15-21(31)25(19)26(30)17-12-23(34-6)24(35-7)13-22(17)33-5/h8-13,16,26,29H,14-15H2,1-7H3. The molecule has 2 aliphatic rings. The lowest BCUT2D eigenvalue weighted by Crippen LogP contribution is -2.41. The molecule has 1 atom stereocenters. The number of Topliss-reactive ketones (excluding diaryl/α,β-unsaturated/α-hetero) is 1. The summed E-state index contributed by atoms with van der Waals surface area (Å²) in [6, 6.07) is 10.5. The Labute approximate surface area is 207 Å². The zero-order valence-electron chi connectivity index (χ0n) is 21.5. The molecular formula is C28H34N2O5. The van der Waals surface area contributed by atoms with Gasteiger partial charge in [0.2, 0.25) is 5.91 Å². The number of allylic oxidation sites excluding steroid dienone is 1. The first-order chi connectivity index (χ1) is 16.6. The van der Waals surface area contributed by atoms with Crippen LogP contribution in [0.2, 0.25) is 0 Å². The van der Waals surface area contributed by atoms with E-state index in [0.29, 0.717) is 46.9 Å². The summed E-state index contributed by atoms with van der Waals surface area (Å²) in [4.78, 5) is 29.4. The monoisotopic (exact) mass is 478 g/mol. The molecule has 0 aromatic heterocycles. The lowest BCUT2D eigenvalue weighted by molar-refractivity contribution is -0.122. The van der Waals surface area contributed by atoms with Crippen LogP contribution in [0.15, 0.2) is 47.7 Å². The van der Waals surface area contributed by atoms with Crippen LogP contribution in [0.25, 0.3) is 0 Å². The highest BCUT2D eigenvalue weighted by molar-refractivity contribution is 6.07. The van der Waals surface area contributed by atoms with Crippen LogP contribution in [-0.2, 0) is 9.59 Å². The van der Waals surface area contributed by atoms with Crippen LogP contribution in [0.3, 0.4) is 0 Å². The minimum Gasteiger partial charge on any atom is -0.496 e. The molecule has 2 aromatic carbocycles. The third kappa shape index (κ3) is 4.35. The molecule has 4 rings (SSSR count). The molecule has 0 radical (unpaired) electrons. The fraction of sp³-hybridized carbons (Fsp3) is 0.429. The van der Waals surface area contributed by atoms with Crippen molar-refractivity contribution in [2.24, 2.45) is 11.3 Å². The molecule has 1 heterocycles. The van der Waals surface area contributed by atoms with Gasteiger partial charge in [-0.15, -0.1) is 0 Å². The topological polar surface area (TPSA) is 77.1 Å². The number of anilines is 2. The normalized spacial score (nSPS) is 18.9. The van der Waals surface area contributed by atoms with Gasteiger partial charge in [0, 0.05) is 35.2 Å². The second-order valence-electron chi connectivity index (χ2n) is 10.2. The third-order valence-corrected chi connectivity index (χ3v) is 6.66. The lowest BCUT2D eigenvalue weighted by Gasteiger charge is -2.38. The Morgan fingerprint density at radius 2 is 1.63 bits per heavy atom. The van der Waals surface area contributed by atoms with Crippen molar-refractivity contribution in [3.8, 4) is 17.2 Å². The Hall–Kier alpha value is -3.48. The molecule has 7 heteroatoms. The Kier molecular flexibility index (Phi) is 6.54. The smallest absolute Gasteiger partial charge is 0.230 e. The van der Waals surface area contributed by atoms with Gasteiger partial charge in [0.1, 0.15) is 5.75 Å². The average Bonchev–Trinajstić information content (AvgIpc) is 2.95. The van der Waals surface area contributed by atoms with Gasteiger partial charge in [-0.2, -0.15) is 0 Å². The van der Waals surface area contributed by atoms with Crippen molar-refractivity contribution in [1.82, 2.24) is 0 Å². The van der Waals surface area contributed by atoms with Crippen LogP contribution in [0.5, 0.6) is 17.2 Å². The summed E-state index contributed by atoms with van der Waals surface area (Å²) in [6.07, 6.45) is 1.07. The van der Waals surface area contributed by atoms with E-state index in [0.717, 1.165) is 11.4 Å². The van der Waals surface area contributed by atoms with Crippen molar-refractivity contribution in [3.05, 3.63) is 53.2 Å². The van der Waals surface area contributed by atoms with Gasteiger partial charge in [0.25, 0.3) is 0 Å². The van der Waals surface area contributed by atoms with E-state index in [9.17, 15) is 9.59 Å². The number of hydrogen-bond donors (Lipinski definition) is 1. The minimum absolute atomic E-state index is 0.0138. The maximum atomic E-state index is 13.9. The van der Waals surface area contributed by atoms with E-state index in [1.54, 1.807) is 32.3 Å². The third-order valence-electron chi connectivity index (χ3n) is 6.66. The van der Waals surface area contributed by atoms with E-state index in [1.807, 2.05) is 44.2 Å². The van der Waals surface area contributed by atoms with Crippen molar-refractivity contribution in [2.75, 3.05) is 31.5 Å². The molecule has 1 N–H and O–H groups in total. The van der Waals surface area contributed by atoms with Crippen molar-refractivity contribution in [1.29, 1.82) is 0 Å². The zero-order valence-corrected chi connectivity index (χ0v) is 21.5. The first-order valence-electron chi connectivity index (χ1n) is 11.9. The number of nitrogens with zero attached hydrogens (tertiary/aromatic N) is 1. The fourth-order valence-electron chi connectivity index (χ4n) is 5.07. The maximum absolute atomic E-state index is 13.9. The second kappa shape index (κ2) is 9.29. The van der Waals surface area contributed by atoms with Crippen LogP contribution in [0.4, 0.5) is 11.4 Å². The molecule has 0 saturated carbocycles. The highest BCUT2D eigenvalue weighted by Gasteiger charge is 2.44. The molecule has 35 heavy (non-hydrogen) atoms. The van der Waals surface area contributed by atoms with E-state index in [1.165, 1.54) is 0 Å². The summed E-state index contributed by atoms with van der Waals surface area (Å²) in [5.74, 6) is 1.14. The van der Waals surface area contributed by atoms with E-state index < -0.39 is 6.04 Å². The minimum atomic E-state index is -0.700. The molecule has 1 aliphatic heterocycles. The number of carbonyl (C=O) groups is 2. The number of rotatable bonds is 5. The fourth-order valence-corrected chi connectivity index (χ4v) is 5.07. The second-order valence-corrected chi connectivity index (χ2v) is 10.2. The quantitative estimate of drug-likeness (QED) is 0.611. The molecule has 1 amide bonds. The molecule has 7 nitrogen and oxygen atoms in total. The zero-order chi connectivity index (χ0) is 25.5. The molecule has 1 unspecified atom stereocenters. The number of methoxy groups -OCH3 is 3. The van der Waals surface area contributed by atoms with E-state index >= 15 is 0 Å². The van der Waals surface area contributed by atoms with Gasteiger partial charge in [0.15, 0.2) is 17.3 Å². The molecule has 2 aromatic rings. The van der Waals surface area contributed by atoms with Gasteiger partial charge < -0.3 is 19.5 Å². The Morgan fingerprint density at radius 3 is 2.26 bits per heavy atom. The summed E-state index contributed by atoms with van der Waals surface area (Å²) in [5.41, 5.74) is 3.38. The van der Waals surface area contributed by atoms with Gasteiger partial charge in [-0.3, -0.25) is 14.5 Å². The Morgan fingerprint density at radius 1 is 1.00 bits per heavy atom. The summed E-state index contributed by atoms with van der Waals surface area (Å²) in [5, 5.41) is 3.53. The number of amides is 1. The van der Waals surface area contributed by atoms with Gasteiger partial charge in [0.05, 0.1) is 38.7 Å². The molecule has 186 valence electrons. The van der Waals surface area contributed by atoms with Crippen molar-refractivity contribution >= 4 is 23.1 Å². The first kappa shape index (κ1) is 24.6. The number of carbonyl (C=O) groups excluding carboxylic acids is 2. The maximum Gasteiger partial charge on any atom is 0.230 e. The van der Waals surface area contributed by atoms with Crippen LogP contribution < -0.4 is 24.4 Å². The lowest BCUT2D eigenvalue weighted by atomic mass is 9.73. The van der Waals surface area contributed by atoms with Crippen LogP contribution >= 0.6 is 0 Å². The van der Waals surface area contributed by atoms with Crippen LogP contribution in [0, 0.1) is 11.3 Å². The molecule has 0 fully saturated rings. The van der Waals surface area contributed by atoms with E-state index in [4.69, 9.17) is 14.2 Å². The van der Waals surface area contributed by atoms with Crippen molar-refractivity contribution in [2.45, 2.75) is 46.6 Å². The number of nitrogens with one attached hydrogen (secondary N) is 1. The number of ketones is 1. The van der Waals surface area contributed by atoms with Crippen molar-refractivity contribution < 1.29 is 23.8 Å². The van der Waals surface area contributed by atoms with Crippen molar-refractivity contribution in [3.63, 3.8) is 0 Å². The van der Waals surface area contributed by atoms with Gasteiger partial charge >= 0.3 is 0 Å². The number of ether oxygens (including phenoxy) is 3. The summed E-state index contributed by atoms with van der Waals surface area (Å²) in [7, 11) is 4.70. The van der Waals surface area contributed by atoms with E-state index in [2.05, 4.69) is 19.2 Å². The number of benzene rings is 2. The number of hydrogen-bond acceptors (Lipinski definition) is 6. The average molecular weight is 479 g/mol. The Balaban J connectivity index is 2.09. The molecular weight excluding hydrogens is 444 g/mol. The van der Waals surface area contributed by atoms with Crippen LogP contribution in [-0.4, -0.2) is 33.0 Å². The van der Waals surface area contributed by atoms with Crippen LogP contribution in [0.1, 0.15) is 52.1 Å².